The van der Waals surface area contributed by atoms with Crippen molar-refractivity contribution in [2.24, 2.45) is 0 Å². The maximum atomic E-state index is 12.6. The fraction of sp³-hybridized carbons (Fsp3) is 0.174. The van der Waals surface area contributed by atoms with Gasteiger partial charge in [0.1, 0.15) is 16.2 Å². The smallest absolute Gasteiger partial charge is 0.234 e. The summed E-state index contributed by atoms with van der Waals surface area (Å²) in [5, 5.41) is 4.90. The number of thiophene rings is 1. The van der Waals surface area contributed by atoms with Crippen molar-refractivity contribution in [1.29, 1.82) is 0 Å². The summed E-state index contributed by atoms with van der Waals surface area (Å²) in [5.41, 5.74) is 5.34. The van der Waals surface area contributed by atoms with Crippen LogP contribution in [0.15, 0.2) is 59.9 Å². The minimum absolute atomic E-state index is 0.0383. The third-order valence-electron chi connectivity index (χ3n) is 4.70. The van der Waals surface area contributed by atoms with Crippen LogP contribution in [0, 0.1) is 20.8 Å². The molecule has 6 heteroatoms. The van der Waals surface area contributed by atoms with E-state index < -0.39 is 0 Å². The summed E-state index contributed by atoms with van der Waals surface area (Å²) in [6, 6.07) is 16.3. The van der Waals surface area contributed by atoms with E-state index in [9.17, 15) is 4.79 Å². The third kappa shape index (κ3) is 4.18. The number of anilines is 1. The topological polar surface area (TPSA) is 54.9 Å². The van der Waals surface area contributed by atoms with Crippen LogP contribution in [-0.2, 0) is 4.79 Å². The van der Waals surface area contributed by atoms with Crippen LogP contribution in [0.4, 0.5) is 5.69 Å². The summed E-state index contributed by atoms with van der Waals surface area (Å²) in [6.07, 6.45) is 1.58. The minimum atomic E-state index is -0.0383. The molecule has 0 aliphatic carbocycles. The highest BCUT2D eigenvalue weighted by molar-refractivity contribution is 8.00. The number of nitrogens with one attached hydrogen (secondary N) is 1. The highest BCUT2D eigenvalue weighted by Gasteiger charge is 2.17. The molecule has 0 saturated carbocycles. The van der Waals surface area contributed by atoms with Crippen LogP contribution in [0.25, 0.3) is 21.3 Å². The second-order valence-corrected chi connectivity index (χ2v) is 9.08. The van der Waals surface area contributed by atoms with Crippen molar-refractivity contribution < 1.29 is 4.79 Å². The number of amides is 1. The van der Waals surface area contributed by atoms with E-state index in [0.717, 1.165) is 43.2 Å². The van der Waals surface area contributed by atoms with Crippen molar-refractivity contribution in [2.75, 3.05) is 11.1 Å². The molecule has 0 unspecified atom stereocenters. The van der Waals surface area contributed by atoms with Crippen LogP contribution in [-0.4, -0.2) is 21.6 Å². The van der Waals surface area contributed by atoms with Crippen LogP contribution in [0.5, 0.6) is 0 Å². The van der Waals surface area contributed by atoms with Crippen LogP contribution in [0.2, 0.25) is 0 Å². The molecule has 0 bridgehead atoms. The van der Waals surface area contributed by atoms with Gasteiger partial charge in [0.05, 0.1) is 11.1 Å². The lowest BCUT2D eigenvalue weighted by molar-refractivity contribution is -0.113. The molecule has 29 heavy (non-hydrogen) atoms. The molecule has 4 nitrogen and oxygen atoms in total. The lowest BCUT2D eigenvalue weighted by atomic mass is 10.0. The Morgan fingerprint density at radius 1 is 1.07 bits per heavy atom. The van der Waals surface area contributed by atoms with Gasteiger partial charge in [-0.3, -0.25) is 4.79 Å². The van der Waals surface area contributed by atoms with E-state index in [1.807, 2.05) is 50.2 Å². The molecule has 0 spiro atoms. The summed E-state index contributed by atoms with van der Waals surface area (Å²) in [6.45, 7) is 6.12. The Hall–Kier alpha value is -2.70. The van der Waals surface area contributed by atoms with Crippen molar-refractivity contribution >= 4 is 44.9 Å². The van der Waals surface area contributed by atoms with E-state index in [0.29, 0.717) is 5.75 Å². The number of hydrogen-bond donors (Lipinski definition) is 1. The molecular weight excluding hydrogens is 398 g/mol. The second-order valence-electron chi connectivity index (χ2n) is 6.91. The zero-order valence-corrected chi connectivity index (χ0v) is 18.2. The molecule has 0 saturated heterocycles. The van der Waals surface area contributed by atoms with Crippen molar-refractivity contribution in [3.05, 3.63) is 70.9 Å². The zero-order valence-electron chi connectivity index (χ0n) is 16.5. The van der Waals surface area contributed by atoms with Gasteiger partial charge >= 0.3 is 0 Å². The number of carbonyl (C=O) groups is 1. The first kappa shape index (κ1) is 19.6. The molecule has 4 rings (SSSR count). The molecule has 1 amide bonds. The van der Waals surface area contributed by atoms with Crippen molar-refractivity contribution in [3.63, 3.8) is 0 Å². The lowest BCUT2D eigenvalue weighted by Gasteiger charge is -2.10. The van der Waals surface area contributed by atoms with E-state index >= 15 is 0 Å². The highest BCUT2D eigenvalue weighted by Crippen LogP contribution is 2.41. The molecule has 1 N–H and O–H groups in total. The quantitative estimate of drug-likeness (QED) is 0.318. The monoisotopic (exact) mass is 419 g/mol. The first-order valence-electron chi connectivity index (χ1n) is 9.32. The predicted octanol–water partition coefficient (Wildman–Crippen LogP) is 6.01. The Kier molecular flexibility index (Phi) is 5.65. The van der Waals surface area contributed by atoms with Gasteiger partial charge in [-0.15, -0.1) is 11.3 Å². The van der Waals surface area contributed by atoms with Gasteiger partial charge in [-0.1, -0.05) is 54.2 Å². The van der Waals surface area contributed by atoms with E-state index in [1.54, 1.807) is 17.7 Å². The molecular formula is C23H21N3OS2. The number of aromatic nitrogens is 2. The first-order chi connectivity index (χ1) is 14.0. The standard InChI is InChI=1S/C23H21N3OS2/c1-14-9-10-15(2)18(11-14)26-19(27)12-28-22-21-20(17-7-5-4-6-8-17)16(3)29-23(21)25-13-24-22/h4-11,13H,12H2,1-3H3,(H,26,27). The molecule has 0 aliphatic heterocycles. The lowest BCUT2D eigenvalue weighted by Crippen LogP contribution is -2.15. The van der Waals surface area contributed by atoms with E-state index in [-0.39, 0.29) is 5.91 Å². The molecule has 0 fully saturated rings. The summed E-state index contributed by atoms with van der Waals surface area (Å²) >= 11 is 3.12. The third-order valence-corrected chi connectivity index (χ3v) is 6.70. The first-order valence-corrected chi connectivity index (χ1v) is 11.1. The maximum absolute atomic E-state index is 12.6. The van der Waals surface area contributed by atoms with Gasteiger partial charge in [-0.2, -0.15) is 0 Å². The molecule has 2 aromatic carbocycles. The molecule has 146 valence electrons. The van der Waals surface area contributed by atoms with Crippen LogP contribution in [0.3, 0.4) is 0 Å². The summed E-state index contributed by atoms with van der Waals surface area (Å²) in [5.74, 6) is 0.256. The second kappa shape index (κ2) is 8.35. The van der Waals surface area contributed by atoms with Crippen LogP contribution in [0.1, 0.15) is 16.0 Å². The van der Waals surface area contributed by atoms with Gasteiger partial charge in [0.25, 0.3) is 0 Å². The van der Waals surface area contributed by atoms with Crippen LogP contribution < -0.4 is 5.32 Å². The molecule has 0 aliphatic rings. The summed E-state index contributed by atoms with van der Waals surface area (Å²) in [7, 11) is 0. The average molecular weight is 420 g/mol. The largest absolute Gasteiger partial charge is 0.325 e. The normalized spacial score (nSPS) is 11.0. The van der Waals surface area contributed by atoms with Gasteiger partial charge in [0, 0.05) is 16.1 Å². The van der Waals surface area contributed by atoms with E-state index in [1.165, 1.54) is 16.6 Å². The van der Waals surface area contributed by atoms with Gasteiger partial charge in [0.15, 0.2) is 0 Å². The molecule has 2 aromatic heterocycles. The number of hydrogen-bond acceptors (Lipinski definition) is 5. The number of aryl methyl sites for hydroxylation is 3. The number of fused-ring (bicyclic) bond motifs is 1. The minimum Gasteiger partial charge on any atom is -0.325 e. The number of carbonyl (C=O) groups excluding carboxylic acids is 1. The molecule has 4 aromatic rings. The van der Waals surface area contributed by atoms with Gasteiger partial charge in [-0.05, 0) is 43.5 Å². The Bertz CT molecular complexity index is 1190. The SMILES string of the molecule is Cc1ccc(C)c(NC(=O)CSc2ncnc3sc(C)c(-c4ccccc4)c23)c1. The van der Waals surface area contributed by atoms with Crippen molar-refractivity contribution in [1.82, 2.24) is 9.97 Å². The van der Waals surface area contributed by atoms with E-state index in [4.69, 9.17) is 0 Å². The molecule has 2 heterocycles. The number of benzene rings is 2. The average Bonchev–Trinajstić information content (AvgIpc) is 3.06. The fourth-order valence-corrected chi connectivity index (χ4v) is 5.15. The molecule has 0 atom stereocenters. The Morgan fingerprint density at radius 2 is 1.86 bits per heavy atom. The van der Waals surface area contributed by atoms with Gasteiger partial charge < -0.3 is 5.32 Å². The predicted molar refractivity (Wildman–Crippen MR) is 123 cm³/mol. The van der Waals surface area contributed by atoms with E-state index in [2.05, 4.69) is 34.3 Å². The number of rotatable bonds is 5. The number of thioether (sulfide) groups is 1. The zero-order chi connectivity index (χ0) is 20.4. The van der Waals surface area contributed by atoms with Crippen LogP contribution >= 0.6 is 23.1 Å². The highest BCUT2D eigenvalue weighted by atomic mass is 32.2. The summed E-state index contributed by atoms with van der Waals surface area (Å²) in [4.78, 5) is 23.7. The Balaban J connectivity index is 1.60. The Morgan fingerprint density at radius 3 is 2.66 bits per heavy atom. The maximum Gasteiger partial charge on any atom is 0.234 e. The Labute approximate surface area is 178 Å². The van der Waals surface area contributed by atoms with Crippen molar-refractivity contribution in [2.45, 2.75) is 25.8 Å². The van der Waals surface area contributed by atoms with Gasteiger partial charge in [-0.25, -0.2) is 9.97 Å². The van der Waals surface area contributed by atoms with Crippen molar-refractivity contribution in [3.8, 4) is 11.1 Å². The van der Waals surface area contributed by atoms with Gasteiger partial charge in [0.2, 0.25) is 5.91 Å². The fourth-order valence-electron chi connectivity index (χ4n) is 3.27. The molecule has 0 radical (unpaired) electrons. The number of nitrogens with zero attached hydrogens (tertiary/aromatic N) is 2. The summed E-state index contributed by atoms with van der Waals surface area (Å²) < 4.78 is 0.